The van der Waals surface area contributed by atoms with Crippen molar-refractivity contribution in [1.29, 1.82) is 0 Å². The molecule has 0 amide bonds. The zero-order valence-corrected chi connectivity index (χ0v) is 11.3. The van der Waals surface area contributed by atoms with Crippen LogP contribution in [0.25, 0.3) is 11.0 Å². The van der Waals surface area contributed by atoms with E-state index in [1.807, 2.05) is 29.7 Å². The van der Waals surface area contributed by atoms with Gasteiger partial charge in [-0.3, -0.25) is 0 Å². The smallest absolute Gasteiger partial charge is 0.355 e. The van der Waals surface area contributed by atoms with Gasteiger partial charge in [-0.25, -0.2) is 9.78 Å². The van der Waals surface area contributed by atoms with Crippen molar-refractivity contribution in [2.45, 2.75) is 32.7 Å². The molecule has 0 aromatic carbocycles. The highest BCUT2D eigenvalue weighted by atomic mass is 16.5. The largest absolute Gasteiger partial charge is 0.461 e. The van der Waals surface area contributed by atoms with Crippen molar-refractivity contribution in [2.24, 2.45) is 5.92 Å². The van der Waals surface area contributed by atoms with E-state index in [4.69, 9.17) is 4.74 Å². The lowest BCUT2D eigenvalue weighted by Crippen LogP contribution is -2.16. The SMILES string of the molecule is CCOC(=O)c1cc2cccnc2n1C(C)C1CC1. The molecular formula is C15H18N2O2. The van der Waals surface area contributed by atoms with E-state index < -0.39 is 0 Å². The summed E-state index contributed by atoms with van der Waals surface area (Å²) in [4.78, 5) is 16.5. The first-order chi connectivity index (χ1) is 9.22. The second-order valence-corrected chi connectivity index (χ2v) is 5.11. The Balaban J connectivity index is 2.13. The van der Waals surface area contributed by atoms with Gasteiger partial charge in [0.2, 0.25) is 0 Å². The predicted molar refractivity (Wildman–Crippen MR) is 73.1 cm³/mol. The fraction of sp³-hybridized carbons (Fsp3) is 0.467. The number of carbonyl (C=O) groups excluding carboxylic acids is 1. The third-order valence-electron chi connectivity index (χ3n) is 3.79. The summed E-state index contributed by atoms with van der Waals surface area (Å²) < 4.78 is 7.21. The van der Waals surface area contributed by atoms with Crippen LogP contribution in [0.2, 0.25) is 0 Å². The number of hydrogen-bond acceptors (Lipinski definition) is 3. The van der Waals surface area contributed by atoms with Crippen molar-refractivity contribution in [3.8, 4) is 0 Å². The molecule has 4 nitrogen and oxygen atoms in total. The third kappa shape index (κ3) is 2.11. The summed E-state index contributed by atoms with van der Waals surface area (Å²) in [6, 6.07) is 6.07. The number of pyridine rings is 1. The van der Waals surface area contributed by atoms with Crippen LogP contribution in [0.5, 0.6) is 0 Å². The minimum atomic E-state index is -0.256. The number of nitrogens with zero attached hydrogens (tertiary/aromatic N) is 2. The number of carbonyl (C=O) groups is 1. The average Bonchev–Trinajstić information content (AvgIpc) is 3.18. The summed E-state index contributed by atoms with van der Waals surface area (Å²) in [7, 11) is 0. The summed E-state index contributed by atoms with van der Waals surface area (Å²) in [6.45, 7) is 4.38. The van der Waals surface area contributed by atoms with E-state index in [-0.39, 0.29) is 5.97 Å². The van der Waals surface area contributed by atoms with Crippen LogP contribution in [0.3, 0.4) is 0 Å². The molecule has 3 rings (SSSR count). The standard InChI is InChI=1S/C15H18N2O2/c1-3-19-15(18)13-9-12-5-4-8-16-14(12)17(13)10(2)11-6-7-11/h4-5,8-11H,3,6-7H2,1-2H3. The lowest BCUT2D eigenvalue weighted by atomic mass is 10.2. The molecule has 0 aliphatic heterocycles. The topological polar surface area (TPSA) is 44.1 Å². The van der Waals surface area contributed by atoms with E-state index in [0.717, 1.165) is 11.0 Å². The Morgan fingerprint density at radius 2 is 2.37 bits per heavy atom. The highest BCUT2D eigenvalue weighted by molar-refractivity contribution is 5.94. The molecule has 0 N–H and O–H groups in total. The van der Waals surface area contributed by atoms with E-state index in [2.05, 4.69) is 11.9 Å². The lowest BCUT2D eigenvalue weighted by Gasteiger charge is -2.16. The molecule has 1 saturated carbocycles. The highest BCUT2D eigenvalue weighted by Crippen LogP contribution is 2.41. The van der Waals surface area contributed by atoms with Gasteiger partial charge in [-0.2, -0.15) is 0 Å². The van der Waals surface area contributed by atoms with Gasteiger partial charge in [0.25, 0.3) is 0 Å². The van der Waals surface area contributed by atoms with Crippen LogP contribution < -0.4 is 0 Å². The van der Waals surface area contributed by atoms with Crippen LogP contribution in [0.15, 0.2) is 24.4 Å². The number of hydrogen-bond donors (Lipinski definition) is 0. The molecule has 1 fully saturated rings. The zero-order valence-electron chi connectivity index (χ0n) is 11.3. The second-order valence-electron chi connectivity index (χ2n) is 5.11. The molecular weight excluding hydrogens is 240 g/mol. The molecule has 0 spiro atoms. The molecule has 19 heavy (non-hydrogen) atoms. The average molecular weight is 258 g/mol. The summed E-state index contributed by atoms with van der Waals surface area (Å²) >= 11 is 0. The van der Waals surface area contributed by atoms with Gasteiger partial charge in [0, 0.05) is 17.6 Å². The summed E-state index contributed by atoms with van der Waals surface area (Å²) in [5.41, 5.74) is 1.50. The van der Waals surface area contributed by atoms with Gasteiger partial charge < -0.3 is 9.30 Å². The molecule has 1 aliphatic carbocycles. The van der Waals surface area contributed by atoms with Crippen LogP contribution in [0.1, 0.15) is 43.2 Å². The van der Waals surface area contributed by atoms with Gasteiger partial charge in [0.05, 0.1) is 6.61 Å². The van der Waals surface area contributed by atoms with Crippen molar-refractivity contribution in [3.05, 3.63) is 30.1 Å². The van der Waals surface area contributed by atoms with Crippen LogP contribution in [0.4, 0.5) is 0 Å². The Hall–Kier alpha value is -1.84. The van der Waals surface area contributed by atoms with Gasteiger partial charge in [0.15, 0.2) is 0 Å². The molecule has 0 bridgehead atoms. The molecule has 0 saturated heterocycles. The molecule has 2 aromatic heterocycles. The molecule has 2 aromatic rings. The maximum Gasteiger partial charge on any atom is 0.355 e. The quantitative estimate of drug-likeness (QED) is 0.791. The second kappa shape index (κ2) is 4.68. The van der Waals surface area contributed by atoms with Crippen LogP contribution in [0, 0.1) is 5.92 Å². The molecule has 1 unspecified atom stereocenters. The minimum absolute atomic E-state index is 0.256. The van der Waals surface area contributed by atoms with Crippen molar-refractivity contribution in [1.82, 2.24) is 9.55 Å². The maximum absolute atomic E-state index is 12.1. The minimum Gasteiger partial charge on any atom is -0.461 e. The van der Waals surface area contributed by atoms with Crippen molar-refractivity contribution in [2.75, 3.05) is 6.61 Å². The van der Waals surface area contributed by atoms with Crippen molar-refractivity contribution in [3.63, 3.8) is 0 Å². The third-order valence-corrected chi connectivity index (χ3v) is 3.79. The van der Waals surface area contributed by atoms with Crippen LogP contribution in [-0.4, -0.2) is 22.1 Å². The van der Waals surface area contributed by atoms with Gasteiger partial charge in [0.1, 0.15) is 11.3 Å². The number of fused-ring (bicyclic) bond motifs is 1. The molecule has 1 atom stereocenters. The van der Waals surface area contributed by atoms with Crippen molar-refractivity contribution < 1.29 is 9.53 Å². The normalized spacial score (nSPS) is 16.5. The number of rotatable bonds is 4. The summed E-state index contributed by atoms with van der Waals surface area (Å²) in [5.74, 6) is 0.402. The first-order valence-corrected chi connectivity index (χ1v) is 6.85. The Kier molecular flexibility index (Phi) is 3.01. The lowest BCUT2D eigenvalue weighted by molar-refractivity contribution is 0.0511. The first-order valence-electron chi connectivity index (χ1n) is 6.85. The van der Waals surface area contributed by atoms with Gasteiger partial charge in [-0.15, -0.1) is 0 Å². The fourth-order valence-corrected chi connectivity index (χ4v) is 2.62. The van der Waals surface area contributed by atoms with Gasteiger partial charge >= 0.3 is 5.97 Å². The Morgan fingerprint density at radius 1 is 1.58 bits per heavy atom. The first kappa shape index (κ1) is 12.2. The van der Waals surface area contributed by atoms with Crippen LogP contribution >= 0.6 is 0 Å². The van der Waals surface area contributed by atoms with Gasteiger partial charge in [-0.1, -0.05) is 0 Å². The van der Waals surface area contributed by atoms with E-state index in [9.17, 15) is 4.79 Å². The Morgan fingerprint density at radius 3 is 3.05 bits per heavy atom. The number of esters is 1. The van der Waals surface area contributed by atoms with Crippen molar-refractivity contribution >= 4 is 17.0 Å². The van der Waals surface area contributed by atoms with Gasteiger partial charge in [-0.05, 0) is 50.8 Å². The highest BCUT2D eigenvalue weighted by Gasteiger charge is 2.32. The zero-order chi connectivity index (χ0) is 13.4. The maximum atomic E-state index is 12.1. The monoisotopic (exact) mass is 258 g/mol. The number of aromatic nitrogens is 2. The number of ether oxygens (including phenoxy) is 1. The summed E-state index contributed by atoms with van der Waals surface area (Å²) in [6.07, 6.45) is 4.24. The van der Waals surface area contributed by atoms with E-state index >= 15 is 0 Å². The van der Waals surface area contributed by atoms with E-state index in [1.165, 1.54) is 12.8 Å². The fourth-order valence-electron chi connectivity index (χ4n) is 2.62. The molecule has 100 valence electrons. The molecule has 4 heteroatoms. The molecule has 1 aliphatic rings. The predicted octanol–water partition coefficient (Wildman–Crippen LogP) is 3.18. The van der Waals surface area contributed by atoms with E-state index in [1.54, 1.807) is 6.20 Å². The Labute approximate surface area is 112 Å². The molecule has 2 heterocycles. The Bertz CT molecular complexity index is 614. The van der Waals surface area contributed by atoms with Crippen LogP contribution in [-0.2, 0) is 4.74 Å². The molecule has 0 radical (unpaired) electrons. The van der Waals surface area contributed by atoms with E-state index in [0.29, 0.717) is 24.3 Å². The summed E-state index contributed by atoms with van der Waals surface area (Å²) in [5, 5.41) is 0.998.